The van der Waals surface area contributed by atoms with Crippen LogP contribution in [0.1, 0.15) is 49.0 Å². The molecule has 0 N–H and O–H groups in total. The fraction of sp³-hybridized carbons (Fsp3) is 0.588. The average Bonchev–Trinajstić information content (AvgIpc) is 2.92. The van der Waals surface area contributed by atoms with Crippen molar-refractivity contribution in [3.63, 3.8) is 0 Å². The van der Waals surface area contributed by atoms with E-state index in [1.54, 1.807) is 23.0 Å². The molecule has 1 saturated carbocycles. The second-order valence-corrected chi connectivity index (χ2v) is 8.72. The van der Waals surface area contributed by atoms with Crippen LogP contribution in [0.25, 0.3) is 10.2 Å². The van der Waals surface area contributed by atoms with E-state index >= 15 is 0 Å². The van der Waals surface area contributed by atoms with Crippen molar-refractivity contribution in [1.29, 1.82) is 0 Å². The molecular formula is C17H20N2O2S2. The maximum absolute atomic E-state index is 12.8. The first-order valence-electron chi connectivity index (χ1n) is 8.36. The molecular weight excluding hydrogens is 328 g/mol. The van der Waals surface area contributed by atoms with Crippen LogP contribution in [0.5, 0.6) is 0 Å². The van der Waals surface area contributed by atoms with Gasteiger partial charge >= 0.3 is 0 Å². The molecule has 2 aliphatic rings. The number of hydrogen-bond acceptors (Lipinski definition) is 5. The van der Waals surface area contributed by atoms with Gasteiger partial charge < -0.3 is 0 Å². The molecule has 0 aliphatic heterocycles. The minimum absolute atomic E-state index is 0.0334. The lowest BCUT2D eigenvalue weighted by Gasteiger charge is -2.20. The third-order valence-electron chi connectivity index (χ3n) is 4.90. The Morgan fingerprint density at radius 1 is 1.13 bits per heavy atom. The summed E-state index contributed by atoms with van der Waals surface area (Å²) < 4.78 is 1.65. The summed E-state index contributed by atoms with van der Waals surface area (Å²) in [4.78, 5) is 31.9. The zero-order valence-electron chi connectivity index (χ0n) is 13.3. The van der Waals surface area contributed by atoms with Crippen molar-refractivity contribution in [1.82, 2.24) is 9.55 Å². The van der Waals surface area contributed by atoms with Crippen LogP contribution in [-0.2, 0) is 24.7 Å². The Labute approximate surface area is 143 Å². The lowest BCUT2D eigenvalue weighted by Crippen LogP contribution is -2.25. The van der Waals surface area contributed by atoms with Crippen molar-refractivity contribution < 1.29 is 4.79 Å². The highest BCUT2D eigenvalue weighted by atomic mass is 32.2. The first kappa shape index (κ1) is 15.4. The monoisotopic (exact) mass is 348 g/mol. The molecule has 0 radical (unpaired) electrons. The van der Waals surface area contributed by atoms with E-state index in [1.807, 2.05) is 0 Å². The predicted octanol–water partition coefficient (Wildman–Crippen LogP) is 3.48. The molecule has 1 atom stereocenters. The molecule has 23 heavy (non-hydrogen) atoms. The smallest absolute Gasteiger partial charge is 0.262 e. The minimum Gasteiger partial charge on any atom is -0.298 e. The molecule has 2 aromatic heterocycles. The quantitative estimate of drug-likeness (QED) is 0.780. The average molecular weight is 348 g/mol. The molecule has 0 unspecified atom stereocenters. The van der Waals surface area contributed by atoms with Crippen LogP contribution in [0.15, 0.2) is 9.95 Å². The fourth-order valence-electron chi connectivity index (χ4n) is 3.58. The van der Waals surface area contributed by atoms with E-state index < -0.39 is 0 Å². The molecule has 0 aromatic carbocycles. The lowest BCUT2D eigenvalue weighted by atomic mass is 9.97. The van der Waals surface area contributed by atoms with Crippen molar-refractivity contribution in [3.05, 3.63) is 20.8 Å². The van der Waals surface area contributed by atoms with Crippen LogP contribution in [0.3, 0.4) is 0 Å². The van der Waals surface area contributed by atoms with Gasteiger partial charge in [0.25, 0.3) is 5.56 Å². The van der Waals surface area contributed by atoms with Gasteiger partial charge in [0.1, 0.15) is 10.6 Å². The third kappa shape index (κ3) is 2.66. The van der Waals surface area contributed by atoms with Gasteiger partial charge in [0, 0.05) is 18.3 Å². The highest BCUT2D eigenvalue weighted by Crippen LogP contribution is 2.36. The molecule has 4 rings (SSSR count). The number of nitrogens with zero attached hydrogens (tertiary/aromatic N) is 2. The summed E-state index contributed by atoms with van der Waals surface area (Å²) in [6.07, 6.45) is 8.10. The van der Waals surface area contributed by atoms with E-state index in [9.17, 15) is 9.59 Å². The number of aryl methyl sites for hydroxylation is 2. The van der Waals surface area contributed by atoms with Crippen LogP contribution in [0.2, 0.25) is 0 Å². The molecule has 2 aliphatic carbocycles. The number of aromatic nitrogens is 2. The number of ketones is 1. The maximum atomic E-state index is 12.8. The number of carbonyl (C=O) groups excluding carboxylic acids is 1. The summed E-state index contributed by atoms with van der Waals surface area (Å²) in [6, 6.07) is 0. The fourth-order valence-corrected chi connectivity index (χ4v) is 6.06. The molecule has 0 saturated heterocycles. The van der Waals surface area contributed by atoms with E-state index in [0.29, 0.717) is 17.4 Å². The Bertz CT molecular complexity index is 837. The molecule has 0 amide bonds. The van der Waals surface area contributed by atoms with Gasteiger partial charge in [0.05, 0.1) is 10.6 Å². The zero-order chi connectivity index (χ0) is 16.0. The Morgan fingerprint density at radius 2 is 1.91 bits per heavy atom. The molecule has 2 heterocycles. The first-order valence-corrected chi connectivity index (χ1v) is 10.1. The van der Waals surface area contributed by atoms with Crippen LogP contribution >= 0.6 is 23.1 Å². The number of Topliss-reactive ketones (excluding diaryl/α,β-unsaturated/α-hetero) is 1. The molecule has 4 nitrogen and oxygen atoms in total. The summed E-state index contributed by atoms with van der Waals surface area (Å²) in [5.74, 6) is 0.307. The first-order chi connectivity index (χ1) is 11.1. The standard InChI is InChI=1S/C17H20N2O2S2/c1-19-16(21)14-10-6-2-4-8-12(10)22-15(14)18-17(19)23-13-9-5-3-7-11(13)20/h13H,2-9H2,1H3/t13-/m1/s1. The number of fused-ring (bicyclic) bond motifs is 3. The van der Waals surface area contributed by atoms with Gasteiger partial charge in [-0.25, -0.2) is 4.98 Å². The largest absolute Gasteiger partial charge is 0.298 e. The highest BCUT2D eigenvalue weighted by Gasteiger charge is 2.26. The molecule has 122 valence electrons. The number of thiophene rings is 1. The normalized spacial score (nSPS) is 21.6. The second-order valence-electron chi connectivity index (χ2n) is 6.47. The van der Waals surface area contributed by atoms with Gasteiger partial charge in [-0.05, 0) is 44.1 Å². The van der Waals surface area contributed by atoms with Crippen molar-refractivity contribution in [2.45, 2.75) is 61.8 Å². The maximum Gasteiger partial charge on any atom is 0.262 e. The zero-order valence-corrected chi connectivity index (χ0v) is 14.9. The summed E-state index contributed by atoms with van der Waals surface area (Å²) in [6.45, 7) is 0. The van der Waals surface area contributed by atoms with Crippen LogP contribution < -0.4 is 5.56 Å². The van der Waals surface area contributed by atoms with Crippen LogP contribution in [0, 0.1) is 0 Å². The lowest BCUT2D eigenvalue weighted by molar-refractivity contribution is -0.119. The van der Waals surface area contributed by atoms with Gasteiger partial charge in [-0.2, -0.15) is 0 Å². The molecule has 0 spiro atoms. The van der Waals surface area contributed by atoms with E-state index in [2.05, 4.69) is 0 Å². The van der Waals surface area contributed by atoms with Gasteiger partial charge in [-0.3, -0.25) is 14.2 Å². The van der Waals surface area contributed by atoms with Gasteiger partial charge in [0.15, 0.2) is 5.16 Å². The van der Waals surface area contributed by atoms with E-state index in [-0.39, 0.29) is 10.8 Å². The predicted molar refractivity (Wildman–Crippen MR) is 94.6 cm³/mol. The Kier molecular flexibility index (Phi) is 4.05. The SMILES string of the molecule is Cn1c(S[C@@H]2CCCCC2=O)nc2sc3c(c2c1=O)CCCC3. The van der Waals surface area contributed by atoms with Gasteiger partial charge in [0.2, 0.25) is 0 Å². The van der Waals surface area contributed by atoms with Gasteiger partial charge in [-0.15, -0.1) is 11.3 Å². The van der Waals surface area contributed by atoms with Crippen molar-refractivity contribution in [2.75, 3.05) is 0 Å². The van der Waals surface area contributed by atoms with E-state index in [0.717, 1.165) is 48.7 Å². The Balaban J connectivity index is 1.77. The van der Waals surface area contributed by atoms with Crippen molar-refractivity contribution in [3.8, 4) is 0 Å². The number of rotatable bonds is 2. The molecule has 1 fully saturated rings. The number of hydrogen-bond donors (Lipinski definition) is 0. The van der Waals surface area contributed by atoms with Gasteiger partial charge in [-0.1, -0.05) is 18.2 Å². The summed E-state index contributed by atoms with van der Waals surface area (Å²) in [7, 11) is 1.79. The Morgan fingerprint density at radius 3 is 2.74 bits per heavy atom. The molecule has 2 aromatic rings. The van der Waals surface area contributed by atoms with Crippen molar-refractivity contribution in [2.24, 2.45) is 7.05 Å². The number of thioether (sulfide) groups is 1. The minimum atomic E-state index is -0.0334. The molecule has 6 heteroatoms. The van der Waals surface area contributed by atoms with E-state index in [4.69, 9.17) is 4.98 Å². The Hall–Kier alpha value is -1.14. The highest BCUT2D eigenvalue weighted by molar-refractivity contribution is 8.00. The second kappa shape index (κ2) is 6.06. The van der Waals surface area contributed by atoms with Crippen LogP contribution in [-0.4, -0.2) is 20.6 Å². The van der Waals surface area contributed by atoms with Crippen molar-refractivity contribution >= 4 is 39.1 Å². The third-order valence-corrected chi connectivity index (χ3v) is 7.45. The van der Waals surface area contributed by atoms with Crippen LogP contribution in [0.4, 0.5) is 0 Å². The summed E-state index contributed by atoms with van der Waals surface area (Å²) >= 11 is 3.16. The summed E-state index contributed by atoms with van der Waals surface area (Å²) in [5.41, 5.74) is 1.29. The number of carbonyl (C=O) groups is 1. The topological polar surface area (TPSA) is 52.0 Å². The summed E-state index contributed by atoms with van der Waals surface area (Å²) in [5, 5.41) is 1.49. The molecule has 0 bridgehead atoms. The van der Waals surface area contributed by atoms with E-state index in [1.165, 1.54) is 28.6 Å².